The molecular weight excluding hydrogens is 416 g/mol. The Kier molecular flexibility index (Phi) is 8.01. The van der Waals surface area contributed by atoms with E-state index in [0.717, 1.165) is 0 Å². The molecule has 0 saturated carbocycles. The maximum absolute atomic E-state index is 12.6. The fourth-order valence-electron chi connectivity index (χ4n) is 2.60. The zero-order valence-electron chi connectivity index (χ0n) is 19.5. The molecule has 0 saturated heterocycles. The third-order valence-electron chi connectivity index (χ3n) is 3.87. The number of alkyl carbamates (subject to hydrolysis) is 1. The van der Waals surface area contributed by atoms with E-state index >= 15 is 0 Å². The van der Waals surface area contributed by atoms with Gasteiger partial charge < -0.3 is 30.2 Å². The number of anilines is 1. The average molecular weight is 449 g/mol. The molecule has 2 rings (SSSR count). The number of hydrogen-bond donors (Lipinski definition) is 2. The zero-order chi connectivity index (χ0) is 23.9. The first-order valence-corrected chi connectivity index (χ1v) is 10.4. The van der Waals surface area contributed by atoms with E-state index in [1.807, 2.05) is 0 Å². The van der Waals surface area contributed by atoms with Crippen LogP contribution in [0.4, 0.5) is 15.5 Å². The predicted molar refractivity (Wildman–Crippen MR) is 119 cm³/mol. The molecule has 0 bridgehead atoms. The molecule has 11 nitrogen and oxygen atoms in total. The number of nitrogens with one attached hydrogen (secondary N) is 2. The molecular formula is C21H32N6O5. The van der Waals surface area contributed by atoms with Crippen LogP contribution in [0.25, 0.3) is 11.0 Å². The fourth-order valence-corrected chi connectivity index (χ4v) is 2.60. The normalized spacial score (nSPS) is 11.7. The Labute approximate surface area is 187 Å². The maximum atomic E-state index is 12.6. The summed E-state index contributed by atoms with van der Waals surface area (Å²) in [6.45, 7) is 11.5. The van der Waals surface area contributed by atoms with Gasteiger partial charge in [0.25, 0.3) is 11.5 Å². The topological polar surface area (TPSA) is 133 Å². The van der Waals surface area contributed by atoms with Gasteiger partial charge in [0.1, 0.15) is 16.7 Å². The van der Waals surface area contributed by atoms with Gasteiger partial charge >= 0.3 is 12.2 Å². The molecule has 0 atom stereocenters. The first-order valence-electron chi connectivity index (χ1n) is 10.4. The van der Waals surface area contributed by atoms with Gasteiger partial charge in [-0.05, 0) is 52.5 Å². The van der Waals surface area contributed by atoms with E-state index in [4.69, 9.17) is 9.47 Å². The van der Waals surface area contributed by atoms with E-state index in [0.29, 0.717) is 15.9 Å². The number of hydrogen-bond acceptors (Lipinski definition) is 8. The molecule has 1 heterocycles. The highest BCUT2D eigenvalue weighted by Gasteiger charge is 2.23. The number of para-hydroxylation sites is 2. The van der Waals surface area contributed by atoms with Crippen LogP contribution in [0.3, 0.4) is 0 Å². The van der Waals surface area contributed by atoms with Crippen LogP contribution in [0.1, 0.15) is 41.5 Å². The average Bonchev–Trinajstić information content (AvgIpc) is 2.64. The third-order valence-corrected chi connectivity index (χ3v) is 3.87. The highest BCUT2D eigenvalue weighted by Crippen LogP contribution is 2.11. The number of fused-ring (bicyclic) bond motifs is 1. The van der Waals surface area contributed by atoms with E-state index < -0.39 is 23.4 Å². The third kappa shape index (κ3) is 8.40. The molecule has 32 heavy (non-hydrogen) atoms. The Balaban J connectivity index is 1.97. The summed E-state index contributed by atoms with van der Waals surface area (Å²) in [4.78, 5) is 30.7. The van der Waals surface area contributed by atoms with E-state index in [2.05, 4.69) is 20.7 Å². The second-order valence-electron chi connectivity index (χ2n) is 9.12. The summed E-state index contributed by atoms with van der Waals surface area (Å²) in [5.74, 6) is 0.148. The number of amides is 2. The van der Waals surface area contributed by atoms with Gasteiger partial charge in [-0.25, -0.2) is 14.6 Å². The summed E-state index contributed by atoms with van der Waals surface area (Å²) < 4.78 is 10.6. The molecule has 0 aliphatic carbocycles. The van der Waals surface area contributed by atoms with Crippen molar-refractivity contribution >= 4 is 29.2 Å². The number of aromatic nitrogens is 3. The van der Waals surface area contributed by atoms with Crippen molar-refractivity contribution in [2.45, 2.75) is 52.7 Å². The quantitative estimate of drug-likeness (QED) is 0.487. The molecule has 0 unspecified atom stereocenters. The molecule has 2 N–H and O–H groups in total. The van der Waals surface area contributed by atoms with Crippen molar-refractivity contribution in [3.63, 3.8) is 0 Å². The molecule has 0 spiro atoms. The van der Waals surface area contributed by atoms with Crippen molar-refractivity contribution in [2.24, 2.45) is 0 Å². The highest BCUT2D eigenvalue weighted by molar-refractivity contribution is 5.71. The molecule has 11 heteroatoms. The number of carbonyl (C=O) groups is 2. The lowest BCUT2D eigenvalue weighted by Gasteiger charge is -2.27. The first kappa shape index (κ1) is 24.9. The van der Waals surface area contributed by atoms with Gasteiger partial charge in [-0.15, -0.1) is 0 Å². The second kappa shape index (κ2) is 10.3. The lowest BCUT2D eigenvalue weighted by molar-refractivity contribution is -0.641. The minimum absolute atomic E-state index is 0.148. The van der Waals surface area contributed by atoms with Crippen molar-refractivity contribution in [1.29, 1.82) is 0 Å². The molecule has 0 aliphatic heterocycles. The molecule has 1 aromatic heterocycles. The molecule has 0 aliphatic rings. The number of rotatable bonds is 7. The van der Waals surface area contributed by atoms with E-state index in [9.17, 15) is 14.8 Å². The summed E-state index contributed by atoms with van der Waals surface area (Å²) >= 11 is 0. The number of ether oxygens (including phenoxy) is 2. The van der Waals surface area contributed by atoms with E-state index in [1.54, 1.807) is 65.8 Å². The minimum atomic E-state index is -0.670. The van der Waals surface area contributed by atoms with Crippen LogP contribution in [0.15, 0.2) is 24.3 Å². The van der Waals surface area contributed by atoms with Gasteiger partial charge in [-0.3, -0.25) is 0 Å². The van der Waals surface area contributed by atoms with Crippen LogP contribution in [-0.2, 0) is 9.47 Å². The molecule has 176 valence electrons. The smallest absolute Gasteiger partial charge is 0.410 e. The van der Waals surface area contributed by atoms with Gasteiger partial charge in [-0.2, -0.15) is 0 Å². The second-order valence-corrected chi connectivity index (χ2v) is 9.12. The Morgan fingerprint density at radius 3 is 2.31 bits per heavy atom. The Bertz CT molecular complexity index is 938. The number of carbonyl (C=O) groups excluding carboxylic acids is 2. The Morgan fingerprint density at radius 1 is 1.03 bits per heavy atom. The number of benzene rings is 1. The van der Waals surface area contributed by atoms with Crippen LogP contribution >= 0.6 is 0 Å². The van der Waals surface area contributed by atoms with Crippen LogP contribution in [0.2, 0.25) is 0 Å². The van der Waals surface area contributed by atoms with Crippen molar-refractivity contribution in [3.05, 3.63) is 29.5 Å². The van der Waals surface area contributed by atoms with Crippen LogP contribution in [-0.4, -0.2) is 64.6 Å². The van der Waals surface area contributed by atoms with Gasteiger partial charge in [-0.1, -0.05) is 12.1 Å². The zero-order valence-corrected chi connectivity index (χ0v) is 19.5. The SMILES string of the molecule is CC(C)(C)OC(=O)NCCN(CCNc1nc2ccccc2[n+]([O-])n1)C(=O)OC(C)(C)C. The maximum Gasteiger partial charge on any atom is 0.410 e. The van der Waals surface area contributed by atoms with E-state index in [1.165, 1.54) is 4.90 Å². The molecule has 2 amide bonds. The van der Waals surface area contributed by atoms with Gasteiger partial charge in [0.2, 0.25) is 0 Å². The fraction of sp³-hybridized carbons (Fsp3) is 0.571. The van der Waals surface area contributed by atoms with Gasteiger partial charge in [0.15, 0.2) is 0 Å². The molecule has 2 aromatic rings. The number of nitrogens with zero attached hydrogens (tertiary/aromatic N) is 4. The van der Waals surface area contributed by atoms with Crippen molar-refractivity contribution in [2.75, 3.05) is 31.5 Å². The summed E-state index contributed by atoms with van der Waals surface area (Å²) in [6.07, 6.45) is -1.09. The van der Waals surface area contributed by atoms with Crippen LogP contribution in [0, 0.1) is 5.21 Å². The standard InChI is InChI=1S/C21H32N6O5/c1-20(2,3)31-18(28)23-12-14-26(19(29)32-21(4,5)6)13-11-22-17-24-15-9-7-8-10-16(15)27(30)25-17/h7-10H,11-14H2,1-6H3,(H,23,28)(H,22,24,25). The van der Waals surface area contributed by atoms with Gasteiger partial charge in [0, 0.05) is 32.2 Å². The van der Waals surface area contributed by atoms with Crippen molar-refractivity contribution < 1.29 is 23.9 Å². The Hall–Kier alpha value is -3.37. The lowest BCUT2D eigenvalue weighted by Crippen LogP contribution is -2.44. The summed E-state index contributed by atoms with van der Waals surface area (Å²) in [5.41, 5.74) is -0.416. The van der Waals surface area contributed by atoms with E-state index in [-0.39, 0.29) is 32.1 Å². The summed E-state index contributed by atoms with van der Waals surface area (Å²) in [5, 5.41) is 21.5. The Morgan fingerprint density at radius 2 is 1.66 bits per heavy atom. The monoisotopic (exact) mass is 448 g/mol. The largest absolute Gasteiger partial charge is 0.594 e. The van der Waals surface area contributed by atoms with Crippen LogP contribution < -0.4 is 15.5 Å². The van der Waals surface area contributed by atoms with Crippen molar-refractivity contribution in [1.82, 2.24) is 20.3 Å². The first-order chi connectivity index (χ1) is 14.8. The lowest BCUT2D eigenvalue weighted by atomic mass is 10.2. The molecule has 0 fully saturated rings. The molecule has 0 radical (unpaired) electrons. The minimum Gasteiger partial charge on any atom is -0.594 e. The van der Waals surface area contributed by atoms with Gasteiger partial charge in [0.05, 0.1) is 5.10 Å². The summed E-state index contributed by atoms with van der Waals surface area (Å²) in [7, 11) is 0. The highest BCUT2D eigenvalue weighted by atomic mass is 16.6. The van der Waals surface area contributed by atoms with Crippen LogP contribution in [0.5, 0.6) is 0 Å². The summed E-state index contributed by atoms with van der Waals surface area (Å²) in [6, 6.07) is 6.86. The van der Waals surface area contributed by atoms with Crippen molar-refractivity contribution in [3.8, 4) is 0 Å². The predicted octanol–water partition coefficient (Wildman–Crippen LogP) is 2.44. The molecule has 1 aromatic carbocycles.